The fourth-order valence-electron chi connectivity index (χ4n) is 1.14. The zero-order chi connectivity index (χ0) is 11.1. The van der Waals surface area contributed by atoms with Crippen molar-refractivity contribution in [1.82, 2.24) is 4.98 Å². The van der Waals surface area contributed by atoms with Crippen LogP contribution in [0.25, 0.3) is 0 Å². The Labute approximate surface area is 94.6 Å². The predicted molar refractivity (Wildman–Crippen MR) is 60.4 cm³/mol. The minimum Gasteiger partial charge on any atom is -0.382 e. The molecule has 1 aromatic rings. The van der Waals surface area contributed by atoms with Gasteiger partial charge in [0.05, 0.1) is 23.4 Å². The van der Waals surface area contributed by atoms with Crippen molar-refractivity contribution in [3.63, 3.8) is 0 Å². The number of aromatic nitrogens is 1. The molecule has 1 unspecified atom stereocenters. The van der Waals surface area contributed by atoms with Gasteiger partial charge in [-0.2, -0.15) is 0 Å². The maximum Gasteiger partial charge on any atom is 0.0976 e. The molecule has 0 aliphatic carbocycles. The number of nitrogens with zero attached hydrogens (tertiary/aromatic N) is 1. The monoisotopic (exact) mass is 230 g/mol. The number of hydrogen-bond donors (Lipinski definition) is 1. The molecule has 0 saturated carbocycles. The third-order valence-electron chi connectivity index (χ3n) is 1.98. The van der Waals surface area contributed by atoms with Crippen molar-refractivity contribution >= 4 is 17.3 Å². The molecule has 1 heterocycles. The molecule has 0 spiro atoms. The first-order valence-electron chi connectivity index (χ1n) is 4.63. The normalized spacial score (nSPS) is 12.5. The van der Waals surface area contributed by atoms with E-state index in [9.17, 15) is 0 Å². The van der Waals surface area contributed by atoms with Crippen molar-refractivity contribution in [2.45, 2.75) is 6.10 Å². The van der Waals surface area contributed by atoms with Crippen molar-refractivity contribution in [3.05, 3.63) is 23.5 Å². The summed E-state index contributed by atoms with van der Waals surface area (Å²) >= 11 is 5.93. The number of anilines is 1. The van der Waals surface area contributed by atoms with E-state index in [1.54, 1.807) is 26.6 Å². The van der Waals surface area contributed by atoms with Crippen molar-refractivity contribution in [2.75, 3.05) is 32.7 Å². The van der Waals surface area contributed by atoms with Crippen LogP contribution in [-0.4, -0.2) is 38.5 Å². The molecule has 0 aliphatic rings. The van der Waals surface area contributed by atoms with Crippen LogP contribution in [0.2, 0.25) is 5.02 Å². The molecule has 0 bridgehead atoms. The quantitative estimate of drug-likeness (QED) is 0.810. The second kappa shape index (κ2) is 6.61. The number of ether oxygens (including phenoxy) is 2. The molecule has 0 saturated heterocycles. The number of hydrogen-bond acceptors (Lipinski definition) is 4. The molecule has 0 aromatic carbocycles. The molecule has 1 aromatic heterocycles. The molecule has 4 nitrogen and oxygen atoms in total. The molecule has 1 atom stereocenters. The number of methoxy groups -OCH3 is 2. The lowest BCUT2D eigenvalue weighted by Gasteiger charge is -2.16. The van der Waals surface area contributed by atoms with Crippen LogP contribution in [0.15, 0.2) is 18.5 Å². The number of nitrogens with one attached hydrogen (secondary N) is 1. The van der Waals surface area contributed by atoms with Crippen molar-refractivity contribution in [1.29, 1.82) is 0 Å². The van der Waals surface area contributed by atoms with E-state index in [4.69, 9.17) is 21.1 Å². The van der Waals surface area contributed by atoms with Gasteiger partial charge in [0.1, 0.15) is 0 Å². The molecule has 0 aliphatic heterocycles. The smallest absolute Gasteiger partial charge is 0.0976 e. The Morgan fingerprint density at radius 1 is 1.53 bits per heavy atom. The summed E-state index contributed by atoms with van der Waals surface area (Å²) in [5.41, 5.74) is 0.852. The van der Waals surface area contributed by atoms with Crippen LogP contribution >= 0.6 is 11.6 Å². The fourth-order valence-corrected chi connectivity index (χ4v) is 1.32. The van der Waals surface area contributed by atoms with E-state index in [0.29, 0.717) is 18.2 Å². The van der Waals surface area contributed by atoms with Crippen LogP contribution < -0.4 is 5.32 Å². The average molecular weight is 231 g/mol. The van der Waals surface area contributed by atoms with Gasteiger partial charge in [0.2, 0.25) is 0 Å². The zero-order valence-corrected chi connectivity index (χ0v) is 9.62. The Morgan fingerprint density at radius 2 is 2.33 bits per heavy atom. The maximum absolute atomic E-state index is 5.93. The summed E-state index contributed by atoms with van der Waals surface area (Å²) in [6.45, 7) is 1.19. The molecular formula is C10H15ClN2O2. The van der Waals surface area contributed by atoms with Crippen molar-refractivity contribution in [3.8, 4) is 0 Å². The van der Waals surface area contributed by atoms with Gasteiger partial charge in [-0.3, -0.25) is 4.98 Å². The van der Waals surface area contributed by atoms with Crippen LogP contribution in [0.4, 0.5) is 5.69 Å². The summed E-state index contributed by atoms with van der Waals surface area (Å²) in [6, 6.07) is 1.82. The van der Waals surface area contributed by atoms with Gasteiger partial charge >= 0.3 is 0 Å². The highest BCUT2D eigenvalue weighted by Crippen LogP contribution is 2.18. The van der Waals surface area contributed by atoms with Crippen LogP contribution in [-0.2, 0) is 9.47 Å². The van der Waals surface area contributed by atoms with Crippen molar-refractivity contribution in [2.24, 2.45) is 0 Å². The standard InChI is InChI=1S/C10H15ClN2O2/c1-14-7-8(15-2)5-13-10-3-4-12-6-9(10)11/h3-4,6,8H,5,7H2,1-2H3,(H,12,13). The van der Waals surface area contributed by atoms with Crippen LogP contribution in [0.5, 0.6) is 0 Å². The highest BCUT2D eigenvalue weighted by atomic mass is 35.5. The lowest BCUT2D eigenvalue weighted by molar-refractivity contribution is 0.0365. The second-order valence-corrected chi connectivity index (χ2v) is 3.46. The SMILES string of the molecule is COCC(CNc1ccncc1Cl)OC. The van der Waals surface area contributed by atoms with Gasteiger partial charge < -0.3 is 14.8 Å². The van der Waals surface area contributed by atoms with Crippen LogP contribution in [0.1, 0.15) is 0 Å². The largest absolute Gasteiger partial charge is 0.382 e. The molecule has 84 valence electrons. The summed E-state index contributed by atoms with van der Waals surface area (Å²) in [4.78, 5) is 3.90. The van der Waals surface area contributed by atoms with E-state index < -0.39 is 0 Å². The predicted octanol–water partition coefficient (Wildman–Crippen LogP) is 1.81. The summed E-state index contributed by atoms with van der Waals surface area (Å²) in [7, 11) is 3.30. The highest BCUT2D eigenvalue weighted by molar-refractivity contribution is 6.33. The topological polar surface area (TPSA) is 43.4 Å². The third-order valence-corrected chi connectivity index (χ3v) is 2.28. The molecule has 5 heteroatoms. The van der Waals surface area contributed by atoms with E-state index >= 15 is 0 Å². The van der Waals surface area contributed by atoms with Gasteiger partial charge in [-0.05, 0) is 6.07 Å². The molecular weight excluding hydrogens is 216 g/mol. The van der Waals surface area contributed by atoms with Gasteiger partial charge in [0.25, 0.3) is 0 Å². The summed E-state index contributed by atoms with van der Waals surface area (Å²) in [5.74, 6) is 0. The van der Waals surface area contributed by atoms with Gasteiger partial charge in [0.15, 0.2) is 0 Å². The minimum absolute atomic E-state index is 0.0132. The van der Waals surface area contributed by atoms with E-state index in [1.165, 1.54) is 0 Å². The summed E-state index contributed by atoms with van der Waals surface area (Å²) in [6.07, 6.45) is 3.30. The second-order valence-electron chi connectivity index (χ2n) is 3.05. The first-order valence-corrected chi connectivity index (χ1v) is 5.00. The number of pyridine rings is 1. The Balaban J connectivity index is 2.45. The van der Waals surface area contributed by atoms with E-state index in [2.05, 4.69) is 10.3 Å². The Morgan fingerprint density at radius 3 is 2.93 bits per heavy atom. The first-order chi connectivity index (χ1) is 7.27. The lowest BCUT2D eigenvalue weighted by Crippen LogP contribution is -2.26. The molecule has 15 heavy (non-hydrogen) atoms. The minimum atomic E-state index is 0.0132. The third kappa shape index (κ3) is 4.03. The van der Waals surface area contributed by atoms with Crippen molar-refractivity contribution < 1.29 is 9.47 Å². The summed E-state index contributed by atoms with van der Waals surface area (Å²) in [5, 5.41) is 3.77. The molecule has 0 fully saturated rings. The highest BCUT2D eigenvalue weighted by Gasteiger charge is 2.07. The number of halogens is 1. The number of rotatable bonds is 6. The fraction of sp³-hybridized carbons (Fsp3) is 0.500. The molecule has 1 N–H and O–H groups in total. The van der Waals surface area contributed by atoms with E-state index in [0.717, 1.165) is 5.69 Å². The molecule has 0 amide bonds. The Hall–Kier alpha value is -0.840. The first kappa shape index (κ1) is 12.2. The van der Waals surface area contributed by atoms with E-state index in [1.807, 2.05) is 6.07 Å². The van der Waals surface area contributed by atoms with E-state index in [-0.39, 0.29) is 6.10 Å². The average Bonchev–Trinajstić information content (AvgIpc) is 2.26. The molecule has 1 rings (SSSR count). The van der Waals surface area contributed by atoms with Crippen LogP contribution in [0, 0.1) is 0 Å². The summed E-state index contributed by atoms with van der Waals surface area (Å²) < 4.78 is 10.2. The van der Waals surface area contributed by atoms with Gasteiger partial charge in [-0.1, -0.05) is 11.6 Å². The maximum atomic E-state index is 5.93. The Bertz CT molecular complexity index is 297. The zero-order valence-electron chi connectivity index (χ0n) is 8.87. The Kier molecular flexibility index (Phi) is 5.39. The van der Waals surface area contributed by atoms with Crippen LogP contribution in [0.3, 0.4) is 0 Å². The lowest BCUT2D eigenvalue weighted by atomic mass is 10.3. The molecule has 0 radical (unpaired) electrons. The van der Waals surface area contributed by atoms with Gasteiger partial charge in [-0.25, -0.2) is 0 Å². The van der Waals surface area contributed by atoms with Gasteiger partial charge in [0, 0.05) is 33.2 Å². The van der Waals surface area contributed by atoms with Gasteiger partial charge in [-0.15, -0.1) is 0 Å².